The van der Waals surface area contributed by atoms with E-state index in [-0.39, 0.29) is 0 Å². The molecule has 0 aliphatic heterocycles. The molecule has 1 aromatic carbocycles. The first-order valence-electron chi connectivity index (χ1n) is 7.09. The number of benzene rings is 1. The van der Waals surface area contributed by atoms with E-state index in [1.54, 1.807) is 11.3 Å². The molecule has 0 amide bonds. The van der Waals surface area contributed by atoms with Gasteiger partial charge in [-0.05, 0) is 37.1 Å². The zero-order chi connectivity index (χ0) is 14.8. The molecule has 0 bridgehead atoms. The Bertz CT molecular complexity index is 622. The van der Waals surface area contributed by atoms with E-state index in [0.29, 0.717) is 6.04 Å². The van der Waals surface area contributed by atoms with Crippen molar-refractivity contribution in [2.45, 2.75) is 32.0 Å². The van der Waals surface area contributed by atoms with E-state index in [9.17, 15) is 0 Å². The first-order valence-corrected chi connectivity index (χ1v) is 8.67. The molecule has 1 heterocycles. The Morgan fingerprint density at radius 2 is 2.05 bits per heavy atom. The first kappa shape index (κ1) is 15.2. The minimum Gasteiger partial charge on any atom is -0.369 e. The van der Waals surface area contributed by atoms with Crippen LogP contribution in [0.4, 0.5) is 5.69 Å². The van der Waals surface area contributed by atoms with E-state index in [1.165, 1.54) is 29.0 Å². The second-order valence-corrected chi connectivity index (χ2v) is 7.66. The topological polar surface area (TPSA) is 15.3 Å². The summed E-state index contributed by atoms with van der Waals surface area (Å²) in [5.41, 5.74) is 2.36. The largest absolute Gasteiger partial charge is 0.369 e. The highest BCUT2D eigenvalue weighted by atomic mass is 35.5. The molecular formula is C16H18Cl2N2S. The highest BCUT2D eigenvalue weighted by Crippen LogP contribution is 2.30. The molecule has 1 aromatic heterocycles. The summed E-state index contributed by atoms with van der Waals surface area (Å²) >= 11 is 14.0. The molecule has 0 atom stereocenters. The van der Waals surface area contributed by atoms with Gasteiger partial charge in [0.1, 0.15) is 0 Å². The van der Waals surface area contributed by atoms with Crippen molar-refractivity contribution in [1.29, 1.82) is 0 Å². The van der Waals surface area contributed by atoms with Gasteiger partial charge in [0.05, 0.1) is 10.9 Å². The fourth-order valence-corrected chi connectivity index (χ4v) is 3.75. The lowest BCUT2D eigenvalue weighted by Crippen LogP contribution is -2.21. The number of hydrogen-bond acceptors (Lipinski definition) is 3. The van der Waals surface area contributed by atoms with Gasteiger partial charge in [0.25, 0.3) is 0 Å². The van der Waals surface area contributed by atoms with Crippen LogP contribution in [0.1, 0.15) is 23.3 Å². The van der Waals surface area contributed by atoms with Crippen LogP contribution in [0.25, 0.3) is 0 Å². The van der Waals surface area contributed by atoms with Gasteiger partial charge in [-0.1, -0.05) is 29.3 Å². The third kappa shape index (κ3) is 3.92. The summed E-state index contributed by atoms with van der Waals surface area (Å²) < 4.78 is 0.833. The van der Waals surface area contributed by atoms with E-state index in [1.807, 2.05) is 18.2 Å². The summed E-state index contributed by atoms with van der Waals surface area (Å²) in [7, 11) is 2.10. The van der Waals surface area contributed by atoms with Crippen LogP contribution in [-0.2, 0) is 13.1 Å². The monoisotopic (exact) mass is 340 g/mol. The Kier molecular flexibility index (Phi) is 4.75. The molecule has 1 N–H and O–H groups in total. The van der Waals surface area contributed by atoms with Gasteiger partial charge in [-0.25, -0.2) is 0 Å². The molecule has 0 unspecified atom stereocenters. The van der Waals surface area contributed by atoms with Gasteiger partial charge < -0.3 is 10.2 Å². The van der Waals surface area contributed by atoms with Crippen LogP contribution in [0.3, 0.4) is 0 Å². The molecule has 5 heteroatoms. The number of rotatable bonds is 6. The van der Waals surface area contributed by atoms with Gasteiger partial charge in [0, 0.05) is 40.8 Å². The third-order valence-corrected chi connectivity index (χ3v) is 5.24. The van der Waals surface area contributed by atoms with Crippen LogP contribution in [0, 0.1) is 0 Å². The lowest BCUT2D eigenvalue weighted by atomic mass is 10.1. The molecule has 1 aliphatic carbocycles. The molecule has 0 spiro atoms. The predicted molar refractivity (Wildman–Crippen MR) is 92.7 cm³/mol. The quantitative estimate of drug-likeness (QED) is 0.800. The maximum Gasteiger partial charge on any atom is 0.0931 e. The molecule has 112 valence electrons. The van der Waals surface area contributed by atoms with Gasteiger partial charge in [0.2, 0.25) is 0 Å². The Morgan fingerprint density at radius 1 is 1.24 bits per heavy atom. The number of nitrogens with one attached hydrogen (secondary N) is 1. The van der Waals surface area contributed by atoms with Crippen molar-refractivity contribution in [3.05, 3.63) is 50.1 Å². The Balaban J connectivity index is 1.77. The molecule has 0 saturated heterocycles. The summed E-state index contributed by atoms with van der Waals surface area (Å²) in [6.45, 7) is 1.67. The van der Waals surface area contributed by atoms with Crippen LogP contribution in [0.5, 0.6) is 0 Å². The van der Waals surface area contributed by atoms with Crippen molar-refractivity contribution < 1.29 is 0 Å². The number of nitrogens with zero attached hydrogens (tertiary/aromatic N) is 1. The van der Waals surface area contributed by atoms with Gasteiger partial charge in [-0.3, -0.25) is 0 Å². The molecule has 3 rings (SSSR count). The van der Waals surface area contributed by atoms with Crippen LogP contribution in [0.15, 0.2) is 30.3 Å². The van der Waals surface area contributed by atoms with Crippen LogP contribution in [-0.4, -0.2) is 13.1 Å². The lowest BCUT2D eigenvalue weighted by Gasteiger charge is -2.23. The van der Waals surface area contributed by atoms with Crippen LogP contribution >= 0.6 is 34.5 Å². The van der Waals surface area contributed by atoms with Crippen LogP contribution in [0.2, 0.25) is 9.36 Å². The highest BCUT2D eigenvalue weighted by Gasteiger charge is 2.21. The standard InChI is InChI=1S/C16H18Cl2N2S/c1-20(10-12-7-8-16(18)21-12)15-4-2-3-14(17)13(15)9-19-11-5-6-11/h2-4,7-8,11,19H,5-6,9-10H2,1H3. The van der Waals surface area contributed by atoms with Crippen LogP contribution < -0.4 is 10.2 Å². The average molecular weight is 341 g/mol. The molecule has 21 heavy (non-hydrogen) atoms. The second-order valence-electron chi connectivity index (χ2n) is 5.45. The van der Waals surface area contributed by atoms with Crippen molar-refractivity contribution in [3.8, 4) is 0 Å². The zero-order valence-corrected chi connectivity index (χ0v) is 14.2. The van der Waals surface area contributed by atoms with Crippen molar-refractivity contribution in [2.75, 3.05) is 11.9 Å². The van der Waals surface area contributed by atoms with E-state index in [2.05, 4.69) is 29.4 Å². The molecule has 1 saturated carbocycles. The van der Waals surface area contributed by atoms with Gasteiger partial charge in [-0.2, -0.15) is 0 Å². The number of thiophene rings is 1. The smallest absolute Gasteiger partial charge is 0.0931 e. The predicted octanol–water partition coefficient (Wildman–Crippen LogP) is 4.94. The second kappa shape index (κ2) is 6.57. The molecule has 1 fully saturated rings. The minimum absolute atomic E-state index is 0.676. The number of halogens is 2. The Labute approximate surface area is 139 Å². The first-order chi connectivity index (χ1) is 10.1. The van der Waals surface area contributed by atoms with E-state index < -0.39 is 0 Å². The van der Waals surface area contributed by atoms with E-state index >= 15 is 0 Å². The van der Waals surface area contributed by atoms with Crippen molar-refractivity contribution in [1.82, 2.24) is 5.32 Å². The summed E-state index contributed by atoms with van der Waals surface area (Å²) in [6, 6.07) is 10.8. The van der Waals surface area contributed by atoms with Gasteiger partial charge >= 0.3 is 0 Å². The van der Waals surface area contributed by atoms with E-state index in [0.717, 1.165) is 22.4 Å². The molecule has 1 aliphatic rings. The maximum atomic E-state index is 6.40. The summed E-state index contributed by atoms with van der Waals surface area (Å²) in [5, 5.41) is 4.38. The van der Waals surface area contributed by atoms with Crippen molar-refractivity contribution in [2.24, 2.45) is 0 Å². The number of anilines is 1. The SMILES string of the molecule is CN(Cc1ccc(Cl)s1)c1cccc(Cl)c1CNC1CC1. The number of hydrogen-bond donors (Lipinski definition) is 1. The van der Waals surface area contributed by atoms with Gasteiger partial charge in [0.15, 0.2) is 0 Å². The third-order valence-electron chi connectivity index (χ3n) is 3.67. The fourth-order valence-electron chi connectivity index (χ4n) is 2.37. The van der Waals surface area contributed by atoms with Crippen molar-refractivity contribution >= 4 is 40.2 Å². The lowest BCUT2D eigenvalue weighted by molar-refractivity contribution is 0.686. The average Bonchev–Trinajstić information content (AvgIpc) is 3.19. The minimum atomic E-state index is 0.676. The van der Waals surface area contributed by atoms with Crippen molar-refractivity contribution in [3.63, 3.8) is 0 Å². The summed E-state index contributed by atoms with van der Waals surface area (Å²) in [6.07, 6.45) is 2.56. The van der Waals surface area contributed by atoms with Gasteiger partial charge in [-0.15, -0.1) is 11.3 Å². The highest BCUT2D eigenvalue weighted by molar-refractivity contribution is 7.16. The Morgan fingerprint density at radius 3 is 2.71 bits per heavy atom. The maximum absolute atomic E-state index is 6.40. The molecular weight excluding hydrogens is 323 g/mol. The molecule has 0 radical (unpaired) electrons. The normalized spacial score (nSPS) is 14.4. The summed E-state index contributed by atoms with van der Waals surface area (Å²) in [5.74, 6) is 0. The molecule has 2 nitrogen and oxygen atoms in total. The Hall–Kier alpha value is -0.740. The fraction of sp³-hybridized carbons (Fsp3) is 0.375. The zero-order valence-electron chi connectivity index (χ0n) is 11.9. The summed E-state index contributed by atoms with van der Waals surface area (Å²) in [4.78, 5) is 3.49. The van der Waals surface area contributed by atoms with E-state index in [4.69, 9.17) is 23.2 Å². The molecule has 2 aromatic rings.